The summed E-state index contributed by atoms with van der Waals surface area (Å²) in [7, 11) is 0. The van der Waals surface area contributed by atoms with E-state index in [1.54, 1.807) is 11.1 Å². The van der Waals surface area contributed by atoms with E-state index in [4.69, 9.17) is 15.2 Å². The van der Waals surface area contributed by atoms with Gasteiger partial charge < -0.3 is 25.0 Å². The first-order chi connectivity index (χ1) is 13.7. The summed E-state index contributed by atoms with van der Waals surface area (Å²) in [5, 5.41) is 0. The van der Waals surface area contributed by atoms with Crippen molar-refractivity contribution < 1.29 is 14.3 Å². The maximum Gasteiger partial charge on any atom is 0.315 e. The molecule has 3 aliphatic rings. The highest BCUT2D eigenvalue weighted by molar-refractivity contribution is 5.73. The Morgan fingerprint density at radius 3 is 2.86 bits per heavy atom. The summed E-state index contributed by atoms with van der Waals surface area (Å²) in [6.07, 6.45) is 3.74. The second kappa shape index (κ2) is 6.74. The molecule has 4 heterocycles. The van der Waals surface area contributed by atoms with Crippen LogP contribution >= 0.6 is 0 Å². The predicted octanol–water partition coefficient (Wildman–Crippen LogP) is 2.30. The van der Waals surface area contributed by atoms with E-state index in [2.05, 4.69) is 40.3 Å². The smallest absolute Gasteiger partial charge is 0.315 e. The first-order valence-corrected chi connectivity index (χ1v) is 9.48. The normalized spacial score (nSPS) is 22.8. The average Bonchev–Trinajstić information content (AvgIpc) is 3.27. The van der Waals surface area contributed by atoms with Gasteiger partial charge in [-0.3, -0.25) is 0 Å². The first-order valence-electron chi connectivity index (χ1n) is 9.48. The van der Waals surface area contributed by atoms with E-state index in [-0.39, 0.29) is 12.1 Å². The fraction of sp³-hybridized carbons (Fsp3) is 0.333. The lowest BCUT2D eigenvalue weighted by atomic mass is 10.1. The van der Waals surface area contributed by atoms with E-state index in [1.807, 2.05) is 12.1 Å². The van der Waals surface area contributed by atoms with Gasteiger partial charge in [-0.1, -0.05) is 24.3 Å². The monoisotopic (exact) mass is 378 g/mol. The minimum atomic E-state index is -0.329. The number of benzene rings is 1. The molecular weight excluding hydrogens is 356 g/mol. The van der Waals surface area contributed by atoms with Gasteiger partial charge in [0, 0.05) is 44.5 Å². The molecule has 1 aromatic heterocycles. The van der Waals surface area contributed by atoms with Crippen LogP contribution in [0.1, 0.15) is 17.2 Å². The zero-order valence-electron chi connectivity index (χ0n) is 15.5. The molecule has 0 spiro atoms. The summed E-state index contributed by atoms with van der Waals surface area (Å²) in [6, 6.07) is 11.8. The highest BCUT2D eigenvalue weighted by Crippen LogP contribution is 2.34. The van der Waals surface area contributed by atoms with Gasteiger partial charge in [-0.05, 0) is 28.8 Å². The van der Waals surface area contributed by atoms with Crippen molar-refractivity contribution in [1.82, 2.24) is 14.8 Å². The fourth-order valence-corrected chi connectivity index (χ4v) is 4.11. The molecule has 3 aliphatic heterocycles. The Kier molecular flexibility index (Phi) is 4.07. The van der Waals surface area contributed by atoms with E-state index in [0.717, 1.165) is 25.2 Å². The van der Waals surface area contributed by atoms with Crippen molar-refractivity contribution >= 4 is 6.03 Å². The summed E-state index contributed by atoms with van der Waals surface area (Å²) in [6.45, 7) is 3.65. The number of carbonyl (C=O) groups excluding carboxylic acids is 1. The number of nitrogens with two attached hydrogens (primary N) is 1. The third-order valence-electron chi connectivity index (χ3n) is 5.57. The van der Waals surface area contributed by atoms with Crippen molar-refractivity contribution in [3.8, 4) is 11.6 Å². The van der Waals surface area contributed by atoms with Gasteiger partial charge in [0.1, 0.15) is 6.61 Å². The summed E-state index contributed by atoms with van der Waals surface area (Å²) in [5.41, 5.74) is 9.00. The Hall–Kier alpha value is -3.22. The van der Waals surface area contributed by atoms with E-state index in [0.29, 0.717) is 30.7 Å². The Balaban J connectivity index is 1.22. The summed E-state index contributed by atoms with van der Waals surface area (Å²) >= 11 is 0. The molecule has 1 aromatic carbocycles. The van der Waals surface area contributed by atoms with Crippen molar-refractivity contribution in [1.29, 1.82) is 0 Å². The molecule has 2 aromatic rings. The van der Waals surface area contributed by atoms with Crippen molar-refractivity contribution in [3.05, 3.63) is 65.5 Å². The van der Waals surface area contributed by atoms with Crippen LogP contribution in [0.2, 0.25) is 0 Å². The van der Waals surface area contributed by atoms with Gasteiger partial charge in [0.2, 0.25) is 0 Å². The molecule has 7 heteroatoms. The second-order valence-electron chi connectivity index (χ2n) is 7.51. The number of urea groups is 1. The Morgan fingerprint density at radius 1 is 1.21 bits per heavy atom. The van der Waals surface area contributed by atoms with E-state index < -0.39 is 0 Å². The van der Waals surface area contributed by atoms with Crippen LogP contribution in [0.25, 0.3) is 0 Å². The van der Waals surface area contributed by atoms with Gasteiger partial charge in [-0.25, -0.2) is 9.78 Å². The second-order valence-corrected chi connectivity index (χ2v) is 7.51. The number of rotatable bonds is 3. The van der Waals surface area contributed by atoms with Gasteiger partial charge in [0.05, 0.1) is 0 Å². The van der Waals surface area contributed by atoms with Crippen LogP contribution in [0.15, 0.2) is 54.4 Å². The standard InChI is InChI=1S/C21H22N4O3/c22-21(26)25-11-16-9-24(10-17(16)12-25)8-14-3-5-15(6-4-14)19-13-27-18-2-1-7-23-20(18)28-19/h1-7,9,17,19H,8,10-13H2,(H2,22,26). The number of primary amides is 1. The SMILES string of the molecule is NC(=O)N1CC2=CN(Cc3ccc(C4COc5cccnc5O4)cc3)CC2C1. The number of fused-ring (bicyclic) bond motifs is 2. The third kappa shape index (κ3) is 3.13. The highest BCUT2D eigenvalue weighted by Gasteiger charge is 2.34. The lowest BCUT2D eigenvalue weighted by Gasteiger charge is -2.26. The molecule has 2 unspecified atom stereocenters. The quantitative estimate of drug-likeness (QED) is 0.886. The first kappa shape index (κ1) is 16.9. The molecule has 2 N–H and O–H groups in total. The van der Waals surface area contributed by atoms with Crippen LogP contribution in [0.3, 0.4) is 0 Å². The lowest BCUT2D eigenvalue weighted by molar-refractivity contribution is 0.0851. The average molecular weight is 378 g/mol. The number of likely N-dealkylation sites (tertiary alicyclic amines) is 1. The lowest BCUT2D eigenvalue weighted by Crippen LogP contribution is -2.35. The van der Waals surface area contributed by atoms with Crippen LogP contribution < -0.4 is 15.2 Å². The zero-order chi connectivity index (χ0) is 19.1. The molecule has 144 valence electrons. The van der Waals surface area contributed by atoms with Gasteiger partial charge in [0.15, 0.2) is 11.9 Å². The molecule has 0 bridgehead atoms. The van der Waals surface area contributed by atoms with E-state index >= 15 is 0 Å². The van der Waals surface area contributed by atoms with Gasteiger partial charge in [-0.15, -0.1) is 0 Å². The molecule has 1 saturated heterocycles. The molecule has 7 nitrogen and oxygen atoms in total. The molecule has 0 radical (unpaired) electrons. The van der Waals surface area contributed by atoms with Crippen molar-refractivity contribution in [2.75, 3.05) is 26.2 Å². The molecule has 5 rings (SSSR count). The number of aromatic nitrogens is 1. The molecule has 1 fully saturated rings. The summed E-state index contributed by atoms with van der Waals surface area (Å²) in [5.74, 6) is 1.65. The molecule has 28 heavy (non-hydrogen) atoms. The topological polar surface area (TPSA) is 80.9 Å². The number of hydrogen-bond acceptors (Lipinski definition) is 5. The van der Waals surface area contributed by atoms with Crippen LogP contribution in [0.5, 0.6) is 11.6 Å². The number of amides is 2. The summed E-state index contributed by atoms with van der Waals surface area (Å²) < 4.78 is 11.7. The van der Waals surface area contributed by atoms with E-state index in [1.165, 1.54) is 11.1 Å². The van der Waals surface area contributed by atoms with Gasteiger partial charge in [-0.2, -0.15) is 0 Å². The molecular formula is C21H22N4O3. The maximum atomic E-state index is 11.3. The fourth-order valence-electron chi connectivity index (χ4n) is 4.11. The minimum Gasteiger partial charge on any atom is -0.484 e. The minimum absolute atomic E-state index is 0.149. The largest absolute Gasteiger partial charge is 0.484 e. The Bertz CT molecular complexity index is 928. The predicted molar refractivity (Wildman–Crippen MR) is 103 cm³/mol. The van der Waals surface area contributed by atoms with Gasteiger partial charge in [0.25, 0.3) is 5.88 Å². The van der Waals surface area contributed by atoms with Crippen molar-refractivity contribution in [2.24, 2.45) is 11.7 Å². The third-order valence-corrected chi connectivity index (χ3v) is 5.57. The number of ether oxygens (including phenoxy) is 2. The molecule has 0 aliphatic carbocycles. The Labute approximate surface area is 163 Å². The van der Waals surface area contributed by atoms with E-state index in [9.17, 15) is 4.79 Å². The number of nitrogens with zero attached hydrogens (tertiary/aromatic N) is 3. The Morgan fingerprint density at radius 2 is 2.07 bits per heavy atom. The highest BCUT2D eigenvalue weighted by atomic mass is 16.6. The van der Waals surface area contributed by atoms with Crippen molar-refractivity contribution in [3.63, 3.8) is 0 Å². The van der Waals surface area contributed by atoms with Crippen molar-refractivity contribution in [2.45, 2.75) is 12.6 Å². The van der Waals surface area contributed by atoms with Crippen LogP contribution in [0.4, 0.5) is 4.79 Å². The number of carbonyl (C=O) groups is 1. The van der Waals surface area contributed by atoms with Crippen LogP contribution in [0, 0.1) is 5.92 Å². The zero-order valence-corrected chi connectivity index (χ0v) is 15.5. The maximum absolute atomic E-state index is 11.3. The molecule has 2 amide bonds. The number of pyridine rings is 1. The summed E-state index contributed by atoms with van der Waals surface area (Å²) in [4.78, 5) is 19.6. The van der Waals surface area contributed by atoms with Crippen LogP contribution in [-0.2, 0) is 6.54 Å². The van der Waals surface area contributed by atoms with Gasteiger partial charge >= 0.3 is 6.03 Å². The molecule has 2 atom stereocenters. The number of hydrogen-bond donors (Lipinski definition) is 1. The van der Waals surface area contributed by atoms with Crippen LogP contribution in [-0.4, -0.2) is 47.1 Å². The molecule has 0 saturated carbocycles.